The Morgan fingerprint density at radius 1 is 1.22 bits per heavy atom. The standard InChI is InChI=1S/C11H14N4O2S/c12-5-9-1-3-11(4-2-9)18(16,17)15-8-10-6-13-14-7-10/h1-4,6-7,15H,5,8,12H2,(H,13,14). The van der Waals surface area contributed by atoms with Gasteiger partial charge in [0, 0.05) is 24.8 Å². The van der Waals surface area contributed by atoms with Crippen LogP contribution >= 0.6 is 0 Å². The number of nitrogens with one attached hydrogen (secondary N) is 2. The first-order chi connectivity index (χ1) is 8.62. The van der Waals surface area contributed by atoms with Crippen molar-refractivity contribution in [2.24, 2.45) is 5.73 Å². The van der Waals surface area contributed by atoms with Crippen molar-refractivity contribution in [3.05, 3.63) is 47.8 Å². The molecule has 0 atom stereocenters. The molecule has 0 aliphatic rings. The summed E-state index contributed by atoms with van der Waals surface area (Å²) in [6, 6.07) is 6.48. The zero-order valence-corrected chi connectivity index (χ0v) is 10.4. The van der Waals surface area contributed by atoms with Gasteiger partial charge in [-0.3, -0.25) is 5.10 Å². The summed E-state index contributed by atoms with van der Waals surface area (Å²) >= 11 is 0. The smallest absolute Gasteiger partial charge is 0.240 e. The molecule has 0 amide bonds. The fourth-order valence-electron chi connectivity index (χ4n) is 1.44. The van der Waals surface area contributed by atoms with Gasteiger partial charge in [-0.25, -0.2) is 13.1 Å². The van der Waals surface area contributed by atoms with Crippen molar-refractivity contribution in [1.82, 2.24) is 14.9 Å². The van der Waals surface area contributed by atoms with Crippen molar-refractivity contribution < 1.29 is 8.42 Å². The van der Waals surface area contributed by atoms with Gasteiger partial charge in [0.2, 0.25) is 10.0 Å². The van der Waals surface area contributed by atoms with Gasteiger partial charge in [0.1, 0.15) is 0 Å². The average molecular weight is 266 g/mol. The van der Waals surface area contributed by atoms with E-state index in [0.29, 0.717) is 6.54 Å². The van der Waals surface area contributed by atoms with Gasteiger partial charge >= 0.3 is 0 Å². The third-order valence-corrected chi connectivity index (χ3v) is 3.91. The summed E-state index contributed by atoms with van der Waals surface area (Å²) in [5.74, 6) is 0. The third kappa shape index (κ3) is 2.95. The van der Waals surface area contributed by atoms with Crippen LogP contribution in [0.3, 0.4) is 0 Å². The molecule has 0 aliphatic heterocycles. The fraction of sp³-hybridized carbons (Fsp3) is 0.182. The quantitative estimate of drug-likeness (QED) is 0.726. The van der Waals surface area contributed by atoms with E-state index < -0.39 is 10.0 Å². The lowest BCUT2D eigenvalue weighted by molar-refractivity contribution is 0.581. The molecule has 0 spiro atoms. The van der Waals surface area contributed by atoms with Crippen LogP contribution in [0.2, 0.25) is 0 Å². The number of hydrogen-bond acceptors (Lipinski definition) is 4. The largest absolute Gasteiger partial charge is 0.326 e. The van der Waals surface area contributed by atoms with Crippen LogP contribution in [0.15, 0.2) is 41.6 Å². The van der Waals surface area contributed by atoms with Crippen LogP contribution in [-0.2, 0) is 23.1 Å². The number of sulfonamides is 1. The molecule has 0 saturated carbocycles. The molecule has 2 rings (SSSR count). The van der Waals surface area contributed by atoms with Crippen molar-refractivity contribution in [3.8, 4) is 0 Å². The summed E-state index contributed by atoms with van der Waals surface area (Å²) in [5, 5.41) is 6.37. The topological polar surface area (TPSA) is 101 Å². The summed E-state index contributed by atoms with van der Waals surface area (Å²) in [7, 11) is -3.49. The number of hydrogen-bond donors (Lipinski definition) is 3. The number of nitrogens with zero attached hydrogens (tertiary/aromatic N) is 1. The van der Waals surface area contributed by atoms with Crippen LogP contribution in [0.5, 0.6) is 0 Å². The van der Waals surface area contributed by atoms with Gasteiger partial charge < -0.3 is 5.73 Å². The number of H-pyrrole nitrogens is 1. The monoisotopic (exact) mass is 266 g/mol. The summed E-state index contributed by atoms with van der Waals surface area (Å²) in [6.07, 6.45) is 3.21. The molecule has 2 aromatic rings. The normalized spacial score (nSPS) is 11.6. The van der Waals surface area contributed by atoms with E-state index in [1.165, 1.54) is 0 Å². The number of nitrogens with two attached hydrogens (primary N) is 1. The predicted molar refractivity (Wildman–Crippen MR) is 66.9 cm³/mol. The van der Waals surface area contributed by atoms with E-state index in [1.54, 1.807) is 36.7 Å². The summed E-state index contributed by atoms with van der Waals surface area (Å²) < 4.78 is 26.4. The fourth-order valence-corrected chi connectivity index (χ4v) is 2.46. The minimum absolute atomic E-state index is 0.206. The molecule has 0 radical (unpaired) electrons. The van der Waals surface area contributed by atoms with Crippen molar-refractivity contribution in [2.45, 2.75) is 18.0 Å². The molecule has 0 aliphatic carbocycles. The first-order valence-corrected chi connectivity index (χ1v) is 6.86. The Morgan fingerprint density at radius 3 is 2.50 bits per heavy atom. The van der Waals surface area contributed by atoms with Gasteiger partial charge in [0.15, 0.2) is 0 Å². The van der Waals surface area contributed by atoms with Crippen LogP contribution in [0.4, 0.5) is 0 Å². The second-order valence-corrected chi connectivity index (χ2v) is 5.55. The van der Waals surface area contributed by atoms with Crippen LogP contribution in [0, 0.1) is 0 Å². The number of aromatic nitrogens is 2. The lowest BCUT2D eigenvalue weighted by atomic mass is 10.2. The van der Waals surface area contributed by atoms with Crippen molar-refractivity contribution in [2.75, 3.05) is 0 Å². The maximum absolute atomic E-state index is 12.0. The minimum atomic E-state index is -3.49. The predicted octanol–water partition coefficient (Wildman–Crippen LogP) is 0.347. The average Bonchev–Trinajstić information content (AvgIpc) is 2.90. The third-order valence-electron chi connectivity index (χ3n) is 2.49. The molecule has 1 heterocycles. The molecule has 0 saturated heterocycles. The molecule has 4 N–H and O–H groups in total. The van der Waals surface area contributed by atoms with Crippen molar-refractivity contribution in [3.63, 3.8) is 0 Å². The van der Waals surface area contributed by atoms with E-state index in [1.807, 2.05) is 0 Å². The summed E-state index contributed by atoms with van der Waals surface area (Å²) in [4.78, 5) is 0.225. The highest BCUT2D eigenvalue weighted by Crippen LogP contribution is 2.10. The molecular formula is C11H14N4O2S. The van der Waals surface area contributed by atoms with Gasteiger partial charge in [-0.15, -0.1) is 0 Å². The Labute approximate surface area is 105 Å². The highest BCUT2D eigenvalue weighted by molar-refractivity contribution is 7.89. The first-order valence-electron chi connectivity index (χ1n) is 5.38. The van der Waals surface area contributed by atoms with Crippen molar-refractivity contribution >= 4 is 10.0 Å². The van der Waals surface area contributed by atoms with Crippen LogP contribution in [0.1, 0.15) is 11.1 Å². The minimum Gasteiger partial charge on any atom is -0.326 e. The Morgan fingerprint density at radius 2 is 1.94 bits per heavy atom. The molecule has 18 heavy (non-hydrogen) atoms. The zero-order chi connectivity index (χ0) is 13.0. The molecule has 0 unspecified atom stereocenters. The van der Waals surface area contributed by atoms with Crippen LogP contribution < -0.4 is 10.5 Å². The maximum atomic E-state index is 12.0. The van der Waals surface area contributed by atoms with Crippen LogP contribution in [0.25, 0.3) is 0 Å². The Hall–Kier alpha value is -1.70. The second-order valence-electron chi connectivity index (χ2n) is 3.78. The second kappa shape index (κ2) is 5.30. The number of benzene rings is 1. The van der Waals surface area contributed by atoms with E-state index in [2.05, 4.69) is 14.9 Å². The summed E-state index contributed by atoms with van der Waals surface area (Å²) in [6.45, 7) is 0.597. The first kappa shape index (κ1) is 12.7. The molecular weight excluding hydrogens is 252 g/mol. The number of aromatic amines is 1. The highest BCUT2D eigenvalue weighted by Gasteiger charge is 2.13. The van der Waals surface area contributed by atoms with E-state index in [9.17, 15) is 8.42 Å². The van der Waals surface area contributed by atoms with Gasteiger partial charge in [-0.1, -0.05) is 12.1 Å². The van der Waals surface area contributed by atoms with Gasteiger partial charge in [0.05, 0.1) is 11.1 Å². The van der Waals surface area contributed by atoms with Gasteiger partial charge in [-0.2, -0.15) is 5.10 Å². The van der Waals surface area contributed by atoms with E-state index in [-0.39, 0.29) is 11.4 Å². The Kier molecular flexibility index (Phi) is 3.75. The lowest BCUT2D eigenvalue weighted by Gasteiger charge is -2.06. The van der Waals surface area contributed by atoms with E-state index >= 15 is 0 Å². The molecule has 0 bridgehead atoms. The van der Waals surface area contributed by atoms with Gasteiger partial charge in [-0.05, 0) is 17.7 Å². The number of rotatable bonds is 5. The SMILES string of the molecule is NCc1ccc(S(=O)(=O)NCc2cn[nH]c2)cc1. The molecule has 7 heteroatoms. The summed E-state index contributed by atoms with van der Waals surface area (Å²) in [5.41, 5.74) is 7.12. The Bertz CT molecular complexity index is 590. The van der Waals surface area contributed by atoms with Crippen molar-refractivity contribution in [1.29, 1.82) is 0 Å². The Balaban J connectivity index is 2.09. The highest BCUT2D eigenvalue weighted by atomic mass is 32.2. The molecule has 1 aromatic heterocycles. The van der Waals surface area contributed by atoms with E-state index in [0.717, 1.165) is 11.1 Å². The maximum Gasteiger partial charge on any atom is 0.240 e. The molecule has 6 nitrogen and oxygen atoms in total. The van der Waals surface area contributed by atoms with Gasteiger partial charge in [0.25, 0.3) is 0 Å². The molecule has 1 aromatic carbocycles. The molecule has 0 fully saturated rings. The van der Waals surface area contributed by atoms with E-state index in [4.69, 9.17) is 5.73 Å². The van der Waals surface area contributed by atoms with Crippen LogP contribution in [-0.4, -0.2) is 18.6 Å². The lowest BCUT2D eigenvalue weighted by Crippen LogP contribution is -2.23. The zero-order valence-electron chi connectivity index (χ0n) is 9.63. The molecule has 96 valence electrons.